The first kappa shape index (κ1) is 24.0. The highest BCUT2D eigenvalue weighted by Crippen LogP contribution is 2.40. The van der Waals surface area contributed by atoms with Crippen molar-refractivity contribution >= 4 is 0 Å². The number of benzene rings is 3. The fourth-order valence-corrected chi connectivity index (χ4v) is 4.53. The monoisotopic (exact) mass is 476 g/mol. The van der Waals surface area contributed by atoms with E-state index in [1.165, 1.54) is 43.0 Å². The summed E-state index contributed by atoms with van der Waals surface area (Å²) in [6, 6.07) is 14.7. The van der Waals surface area contributed by atoms with Crippen LogP contribution in [0.5, 0.6) is 17.2 Å². The number of halogens is 5. The number of alkyl halides is 3. The predicted molar refractivity (Wildman–Crippen MR) is 120 cm³/mol. The molecule has 0 heterocycles. The van der Waals surface area contributed by atoms with E-state index in [1.807, 2.05) is 24.3 Å². The van der Waals surface area contributed by atoms with Crippen molar-refractivity contribution in [2.24, 2.45) is 5.92 Å². The van der Waals surface area contributed by atoms with Gasteiger partial charge in [-0.25, -0.2) is 4.39 Å². The van der Waals surface area contributed by atoms with Crippen LogP contribution < -0.4 is 9.47 Å². The van der Waals surface area contributed by atoms with Crippen molar-refractivity contribution in [3.05, 3.63) is 77.9 Å². The molecule has 34 heavy (non-hydrogen) atoms. The van der Waals surface area contributed by atoms with Crippen LogP contribution >= 0.6 is 0 Å². The van der Waals surface area contributed by atoms with E-state index in [4.69, 9.17) is 4.74 Å². The molecular formula is C27H25F5O2. The largest absolute Gasteiger partial charge is 0.573 e. The molecule has 0 atom stereocenters. The number of rotatable bonds is 6. The third kappa shape index (κ3) is 5.69. The minimum Gasteiger partial charge on any atom is -0.454 e. The van der Waals surface area contributed by atoms with Crippen molar-refractivity contribution < 1.29 is 31.4 Å². The van der Waals surface area contributed by atoms with E-state index < -0.39 is 23.7 Å². The summed E-state index contributed by atoms with van der Waals surface area (Å²) in [5.41, 5.74) is 2.22. The Morgan fingerprint density at radius 2 is 1.41 bits per heavy atom. The summed E-state index contributed by atoms with van der Waals surface area (Å²) in [6.07, 6.45) is 1.11. The molecule has 0 bridgehead atoms. The van der Waals surface area contributed by atoms with Gasteiger partial charge in [-0.1, -0.05) is 37.6 Å². The van der Waals surface area contributed by atoms with Crippen molar-refractivity contribution in [3.8, 4) is 28.4 Å². The average molecular weight is 476 g/mol. The molecule has 3 aromatic rings. The second kappa shape index (κ2) is 10.0. The van der Waals surface area contributed by atoms with Crippen LogP contribution in [0.15, 0.2) is 60.7 Å². The molecule has 3 aromatic carbocycles. The van der Waals surface area contributed by atoms with E-state index in [9.17, 15) is 22.0 Å². The van der Waals surface area contributed by atoms with Crippen molar-refractivity contribution in [3.63, 3.8) is 0 Å². The first-order chi connectivity index (χ1) is 16.2. The first-order valence-corrected chi connectivity index (χ1v) is 11.4. The minimum absolute atomic E-state index is 0.0459. The van der Waals surface area contributed by atoms with Crippen LogP contribution in [0.4, 0.5) is 22.0 Å². The van der Waals surface area contributed by atoms with Gasteiger partial charge in [0.2, 0.25) is 5.82 Å². The van der Waals surface area contributed by atoms with E-state index in [2.05, 4.69) is 11.7 Å². The van der Waals surface area contributed by atoms with Gasteiger partial charge in [0.05, 0.1) is 0 Å². The highest BCUT2D eigenvalue weighted by atomic mass is 19.4. The van der Waals surface area contributed by atoms with Gasteiger partial charge in [-0.15, -0.1) is 13.2 Å². The van der Waals surface area contributed by atoms with Gasteiger partial charge in [0.15, 0.2) is 11.6 Å². The fourth-order valence-electron chi connectivity index (χ4n) is 4.53. The average Bonchev–Trinajstić information content (AvgIpc) is 2.83. The van der Waals surface area contributed by atoms with Crippen LogP contribution in [0.3, 0.4) is 0 Å². The second-order valence-electron chi connectivity index (χ2n) is 8.61. The Balaban J connectivity index is 1.56. The Hall–Kier alpha value is -3.09. The van der Waals surface area contributed by atoms with Crippen molar-refractivity contribution in [2.45, 2.75) is 51.3 Å². The maximum absolute atomic E-state index is 14.7. The van der Waals surface area contributed by atoms with Crippen LogP contribution in [-0.4, -0.2) is 6.36 Å². The summed E-state index contributed by atoms with van der Waals surface area (Å²) >= 11 is 0. The molecule has 0 aliphatic heterocycles. The van der Waals surface area contributed by atoms with Crippen LogP contribution in [0.25, 0.3) is 11.1 Å². The molecule has 7 heteroatoms. The van der Waals surface area contributed by atoms with E-state index in [0.29, 0.717) is 17.0 Å². The molecule has 2 nitrogen and oxygen atoms in total. The zero-order chi connectivity index (χ0) is 24.3. The molecule has 1 saturated carbocycles. The SMILES string of the molecule is CCC1CCC(c2ccc(-c3ccc(F)c(F)c3Oc3ccc(OC(F)(F)F)cc3)cc2)CC1. The maximum Gasteiger partial charge on any atom is 0.573 e. The van der Waals surface area contributed by atoms with Crippen LogP contribution in [0.2, 0.25) is 0 Å². The van der Waals surface area contributed by atoms with Gasteiger partial charge >= 0.3 is 6.36 Å². The van der Waals surface area contributed by atoms with Gasteiger partial charge in [0.1, 0.15) is 11.5 Å². The summed E-state index contributed by atoms with van der Waals surface area (Å²) in [6.45, 7) is 2.23. The van der Waals surface area contributed by atoms with Crippen LogP contribution in [0, 0.1) is 17.6 Å². The lowest BCUT2D eigenvalue weighted by Crippen LogP contribution is -2.16. The Morgan fingerprint density at radius 1 is 0.794 bits per heavy atom. The normalized spacial score (nSPS) is 18.5. The van der Waals surface area contributed by atoms with E-state index in [-0.39, 0.29) is 11.5 Å². The van der Waals surface area contributed by atoms with Crippen molar-refractivity contribution in [2.75, 3.05) is 0 Å². The smallest absolute Gasteiger partial charge is 0.454 e. The molecule has 0 N–H and O–H groups in total. The standard InChI is InChI=1S/C27H25F5O2/c1-2-17-3-5-18(6-4-17)19-7-9-20(10-8-19)23-15-16-24(28)25(29)26(23)33-21-11-13-22(14-12-21)34-27(30,31)32/h7-18H,2-6H2,1H3. The Morgan fingerprint density at radius 3 is 2.00 bits per heavy atom. The summed E-state index contributed by atoms with van der Waals surface area (Å²) in [7, 11) is 0. The molecule has 0 spiro atoms. The molecule has 0 unspecified atom stereocenters. The molecule has 1 aliphatic carbocycles. The summed E-state index contributed by atoms with van der Waals surface area (Å²) in [4.78, 5) is 0. The molecule has 1 fully saturated rings. The molecule has 0 radical (unpaired) electrons. The molecule has 180 valence electrons. The topological polar surface area (TPSA) is 18.5 Å². The third-order valence-corrected chi connectivity index (χ3v) is 6.44. The van der Waals surface area contributed by atoms with Gasteiger partial charge in [-0.05, 0) is 85.0 Å². The quantitative estimate of drug-likeness (QED) is 0.331. The Kier molecular flexibility index (Phi) is 7.10. The maximum atomic E-state index is 14.7. The second-order valence-corrected chi connectivity index (χ2v) is 8.61. The van der Waals surface area contributed by atoms with E-state index in [1.54, 1.807) is 0 Å². The number of hydrogen-bond donors (Lipinski definition) is 0. The lowest BCUT2D eigenvalue weighted by atomic mass is 9.77. The fraction of sp³-hybridized carbons (Fsp3) is 0.333. The molecule has 0 amide bonds. The summed E-state index contributed by atoms with van der Waals surface area (Å²) in [5, 5.41) is 0. The van der Waals surface area contributed by atoms with Crippen LogP contribution in [0.1, 0.15) is 50.5 Å². The lowest BCUT2D eigenvalue weighted by Gasteiger charge is -2.28. The van der Waals surface area contributed by atoms with Crippen molar-refractivity contribution in [1.29, 1.82) is 0 Å². The molecule has 1 aliphatic rings. The molecular weight excluding hydrogens is 451 g/mol. The van der Waals surface area contributed by atoms with Crippen molar-refractivity contribution in [1.82, 2.24) is 0 Å². The summed E-state index contributed by atoms with van der Waals surface area (Å²) < 4.78 is 75.2. The Bertz CT molecular complexity index is 1100. The highest BCUT2D eigenvalue weighted by molar-refractivity contribution is 5.71. The molecule has 0 aromatic heterocycles. The zero-order valence-electron chi connectivity index (χ0n) is 18.7. The summed E-state index contributed by atoms with van der Waals surface area (Å²) in [5.74, 6) is -1.69. The Labute approximate surface area is 195 Å². The van der Waals surface area contributed by atoms with Gasteiger partial charge in [0, 0.05) is 5.56 Å². The predicted octanol–water partition coefficient (Wildman–Crippen LogP) is 9.01. The number of ether oxygens (including phenoxy) is 2. The van der Waals surface area contributed by atoms with E-state index >= 15 is 0 Å². The van der Waals surface area contributed by atoms with E-state index in [0.717, 1.165) is 37.0 Å². The number of hydrogen-bond acceptors (Lipinski definition) is 2. The first-order valence-electron chi connectivity index (χ1n) is 11.4. The van der Waals surface area contributed by atoms with Gasteiger partial charge in [-0.2, -0.15) is 4.39 Å². The third-order valence-electron chi connectivity index (χ3n) is 6.44. The molecule has 4 rings (SSSR count). The van der Waals surface area contributed by atoms with Crippen LogP contribution in [-0.2, 0) is 0 Å². The highest BCUT2D eigenvalue weighted by Gasteiger charge is 2.31. The van der Waals surface area contributed by atoms with Gasteiger partial charge in [-0.3, -0.25) is 0 Å². The minimum atomic E-state index is -4.83. The lowest BCUT2D eigenvalue weighted by molar-refractivity contribution is -0.274. The van der Waals surface area contributed by atoms with Gasteiger partial charge in [0.25, 0.3) is 0 Å². The molecule has 0 saturated heterocycles. The zero-order valence-corrected chi connectivity index (χ0v) is 18.7. The van der Waals surface area contributed by atoms with Gasteiger partial charge < -0.3 is 9.47 Å².